The minimum atomic E-state index is -1.01. The SMILES string of the molecule is COc1ccccc1-c1cc(C(=O)N2CC[C@@](O)(c3ccccc3)C2)[nH]n1. The molecule has 1 aliphatic rings. The van der Waals surface area contributed by atoms with E-state index >= 15 is 0 Å². The minimum Gasteiger partial charge on any atom is -0.496 e. The summed E-state index contributed by atoms with van der Waals surface area (Å²) >= 11 is 0. The Morgan fingerprint density at radius 2 is 1.93 bits per heavy atom. The van der Waals surface area contributed by atoms with Gasteiger partial charge in [0.1, 0.15) is 17.0 Å². The Morgan fingerprint density at radius 1 is 1.19 bits per heavy atom. The summed E-state index contributed by atoms with van der Waals surface area (Å²) in [5.74, 6) is 0.526. The molecule has 0 bridgehead atoms. The Balaban J connectivity index is 1.54. The average molecular weight is 363 g/mol. The monoisotopic (exact) mass is 363 g/mol. The summed E-state index contributed by atoms with van der Waals surface area (Å²) in [5.41, 5.74) is 1.68. The molecule has 0 aliphatic carbocycles. The number of carbonyl (C=O) groups is 1. The molecule has 2 aromatic carbocycles. The molecule has 0 radical (unpaired) electrons. The van der Waals surface area contributed by atoms with Crippen molar-refractivity contribution in [1.29, 1.82) is 0 Å². The summed E-state index contributed by atoms with van der Waals surface area (Å²) in [5, 5.41) is 18.0. The molecule has 27 heavy (non-hydrogen) atoms. The molecular formula is C21H21N3O3. The van der Waals surface area contributed by atoms with Crippen molar-refractivity contribution in [1.82, 2.24) is 15.1 Å². The maximum Gasteiger partial charge on any atom is 0.271 e. The molecule has 1 saturated heterocycles. The zero-order chi connectivity index (χ0) is 18.9. The van der Waals surface area contributed by atoms with E-state index in [-0.39, 0.29) is 12.5 Å². The fourth-order valence-electron chi connectivity index (χ4n) is 3.55. The van der Waals surface area contributed by atoms with E-state index in [1.54, 1.807) is 18.1 Å². The van der Waals surface area contributed by atoms with Gasteiger partial charge in [0.2, 0.25) is 0 Å². The van der Waals surface area contributed by atoms with Crippen molar-refractivity contribution in [2.75, 3.05) is 20.2 Å². The molecular weight excluding hydrogens is 342 g/mol. The molecule has 1 aliphatic heterocycles. The summed E-state index contributed by atoms with van der Waals surface area (Å²) in [7, 11) is 1.60. The normalized spacial score (nSPS) is 19.3. The minimum absolute atomic E-state index is 0.171. The van der Waals surface area contributed by atoms with Gasteiger partial charge in [-0.05, 0) is 30.2 Å². The molecule has 0 unspecified atom stereocenters. The van der Waals surface area contributed by atoms with E-state index in [0.29, 0.717) is 30.1 Å². The first-order chi connectivity index (χ1) is 13.1. The standard InChI is InChI=1S/C21H21N3O3/c1-27-19-10-6-5-9-16(19)17-13-18(23-22-17)20(25)24-12-11-21(26,14-24)15-7-3-2-4-8-15/h2-10,13,26H,11-12,14H2,1H3,(H,22,23)/t21-/m0/s1. The van der Waals surface area contributed by atoms with E-state index in [1.165, 1.54) is 0 Å². The molecule has 1 amide bonds. The molecule has 1 aromatic heterocycles. The number of carbonyl (C=O) groups excluding carboxylic acids is 1. The highest BCUT2D eigenvalue weighted by atomic mass is 16.5. The number of benzene rings is 2. The number of aromatic amines is 1. The second-order valence-electron chi connectivity index (χ2n) is 6.74. The van der Waals surface area contributed by atoms with Gasteiger partial charge < -0.3 is 14.7 Å². The number of nitrogens with zero attached hydrogens (tertiary/aromatic N) is 2. The number of H-pyrrole nitrogens is 1. The first kappa shape index (κ1) is 17.3. The first-order valence-electron chi connectivity index (χ1n) is 8.87. The molecule has 0 saturated carbocycles. The Labute approximate surface area is 157 Å². The van der Waals surface area contributed by atoms with E-state index in [9.17, 15) is 9.90 Å². The second-order valence-corrected chi connectivity index (χ2v) is 6.74. The van der Waals surface area contributed by atoms with E-state index < -0.39 is 5.60 Å². The number of likely N-dealkylation sites (tertiary alicyclic amines) is 1. The maximum absolute atomic E-state index is 12.9. The third kappa shape index (κ3) is 3.19. The van der Waals surface area contributed by atoms with Gasteiger partial charge in [-0.1, -0.05) is 42.5 Å². The van der Waals surface area contributed by atoms with Crippen molar-refractivity contribution in [3.05, 3.63) is 71.9 Å². The van der Waals surface area contributed by atoms with Crippen LogP contribution in [-0.4, -0.2) is 46.3 Å². The van der Waals surface area contributed by atoms with Crippen LogP contribution in [0, 0.1) is 0 Å². The van der Waals surface area contributed by atoms with Crippen molar-refractivity contribution in [2.45, 2.75) is 12.0 Å². The number of ether oxygens (including phenoxy) is 1. The zero-order valence-electron chi connectivity index (χ0n) is 15.1. The predicted molar refractivity (Wildman–Crippen MR) is 101 cm³/mol. The molecule has 2 N–H and O–H groups in total. The van der Waals surface area contributed by atoms with Crippen LogP contribution in [0.15, 0.2) is 60.7 Å². The number of amides is 1. The topological polar surface area (TPSA) is 78.5 Å². The number of aliphatic hydroxyl groups is 1. The summed E-state index contributed by atoms with van der Waals surface area (Å²) in [4.78, 5) is 14.5. The number of nitrogens with one attached hydrogen (secondary N) is 1. The second kappa shape index (κ2) is 6.89. The van der Waals surface area contributed by atoms with E-state index in [0.717, 1.165) is 11.1 Å². The number of methoxy groups -OCH3 is 1. The zero-order valence-corrected chi connectivity index (χ0v) is 15.1. The lowest BCUT2D eigenvalue weighted by atomic mass is 9.93. The molecule has 2 heterocycles. The van der Waals surface area contributed by atoms with Crippen molar-refractivity contribution < 1.29 is 14.6 Å². The van der Waals surface area contributed by atoms with Crippen molar-refractivity contribution in [2.24, 2.45) is 0 Å². The van der Waals surface area contributed by atoms with Crippen LogP contribution in [0.1, 0.15) is 22.5 Å². The van der Waals surface area contributed by atoms with Crippen LogP contribution in [0.5, 0.6) is 5.75 Å². The van der Waals surface area contributed by atoms with Crippen LogP contribution >= 0.6 is 0 Å². The van der Waals surface area contributed by atoms with Crippen molar-refractivity contribution >= 4 is 5.91 Å². The molecule has 6 nitrogen and oxygen atoms in total. The first-order valence-corrected chi connectivity index (χ1v) is 8.87. The van der Waals surface area contributed by atoms with Crippen molar-refractivity contribution in [3.8, 4) is 17.0 Å². The van der Waals surface area contributed by atoms with Gasteiger partial charge in [-0.25, -0.2) is 0 Å². The lowest BCUT2D eigenvalue weighted by molar-refractivity contribution is 0.0415. The van der Waals surface area contributed by atoms with Crippen LogP contribution in [0.25, 0.3) is 11.3 Å². The Morgan fingerprint density at radius 3 is 2.70 bits per heavy atom. The molecule has 4 rings (SSSR count). The fraction of sp³-hybridized carbons (Fsp3) is 0.238. The van der Waals surface area contributed by atoms with Gasteiger partial charge in [0.05, 0.1) is 19.3 Å². The van der Waals surface area contributed by atoms with Gasteiger partial charge in [0, 0.05) is 12.1 Å². The predicted octanol–water partition coefficient (Wildman–Crippen LogP) is 2.82. The average Bonchev–Trinajstić information content (AvgIpc) is 3.36. The van der Waals surface area contributed by atoms with Crippen LogP contribution < -0.4 is 4.74 Å². The lowest BCUT2D eigenvalue weighted by Crippen LogP contribution is -2.34. The van der Waals surface area contributed by atoms with Gasteiger partial charge in [0.25, 0.3) is 5.91 Å². The van der Waals surface area contributed by atoms with E-state index in [4.69, 9.17) is 4.74 Å². The third-order valence-corrected chi connectivity index (χ3v) is 5.04. The lowest BCUT2D eigenvalue weighted by Gasteiger charge is -2.23. The van der Waals surface area contributed by atoms with Crippen LogP contribution in [0.3, 0.4) is 0 Å². The molecule has 138 valence electrons. The van der Waals surface area contributed by atoms with Gasteiger partial charge in [-0.2, -0.15) is 5.10 Å². The molecule has 1 atom stereocenters. The van der Waals surface area contributed by atoms with Crippen LogP contribution in [0.4, 0.5) is 0 Å². The van der Waals surface area contributed by atoms with Crippen LogP contribution in [0.2, 0.25) is 0 Å². The smallest absolute Gasteiger partial charge is 0.271 e. The van der Waals surface area contributed by atoms with Crippen LogP contribution in [-0.2, 0) is 5.60 Å². The summed E-state index contributed by atoms with van der Waals surface area (Å²) < 4.78 is 5.36. The van der Waals surface area contributed by atoms with Gasteiger partial charge in [-0.3, -0.25) is 9.89 Å². The Kier molecular flexibility index (Phi) is 4.41. The number of para-hydroxylation sites is 1. The van der Waals surface area contributed by atoms with Gasteiger partial charge in [0.15, 0.2) is 0 Å². The van der Waals surface area contributed by atoms with E-state index in [1.807, 2.05) is 54.6 Å². The van der Waals surface area contributed by atoms with Crippen molar-refractivity contribution in [3.63, 3.8) is 0 Å². The highest BCUT2D eigenvalue weighted by Crippen LogP contribution is 2.33. The highest BCUT2D eigenvalue weighted by Gasteiger charge is 2.40. The summed E-state index contributed by atoms with van der Waals surface area (Å²) in [6.45, 7) is 0.756. The molecule has 0 spiro atoms. The maximum atomic E-state index is 12.9. The molecule has 1 fully saturated rings. The fourth-order valence-corrected chi connectivity index (χ4v) is 3.55. The van der Waals surface area contributed by atoms with Gasteiger partial charge in [-0.15, -0.1) is 0 Å². The summed E-state index contributed by atoms with van der Waals surface area (Å²) in [6.07, 6.45) is 0.510. The van der Waals surface area contributed by atoms with Gasteiger partial charge >= 0.3 is 0 Å². The highest BCUT2D eigenvalue weighted by molar-refractivity contribution is 5.94. The number of rotatable bonds is 4. The third-order valence-electron chi connectivity index (χ3n) is 5.04. The number of aromatic nitrogens is 2. The Bertz CT molecular complexity index is 954. The summed E-state index contributed by atoms with van der Waals surface area (Å²) in [6, 6.07) is 18.7. The molecule has 6 heteroatoms. The molecule has 3 aromatic rings. The number of β-amino-alcohol motifs (C(OH)–C–C–N with tert-alkyl or cyclic N) is 1. The number of hydrogen-bond acceptors (Lipinski definition) is 4. The largest absolute Gasteiger partial charge is 0.496 e. The number of hydrogen-bond donors (Lipinski definition) is 2. The quantitative estimate of drug-likeness (QED) is 0.747. The Hall–Kier alpha value is -3.12. The van der Waals surface area contributed by atoms with E-state index in [2.05, 4.69) is 10.2 Å².